The van der Waals surface area contributed by atoms with E-state index in [1.807, 2.05) is 6.92 Å². The molecule has 1 atom stereocenters. The van der Waals surface area contributed by atoms with Gasteiger partial charge in [0.1, 0.15) is 17.2 Å². The average molecular weight is 494 g/mol. The summed E-state index contributed by atoms with van der Waals surface area (Å²) >= 11 is 14.2. The summed E-state index contributed by atoms with van der Waals surface area (Å²) in [6.45, 7) is 8.21. The van der Waals surface area contributed by atoms with Gasteiger partial charge in [-0.3, -0.25) is 9.69 Å². The molecule has 0 saturated carbocycles. The van der Waals surface area contributed by atoms with Crippen molar-refractivity contribution in [1.29, 1.82) is 0 Å². The van der Waals surface area contributed by atoms with Crippen molar-refractivity contribution in [2.24, 2.45) is 5.92 Å². The van der Waals surface area contributed by atoms with Gasteiger partial charge in [0.05, 0.1) is 20.6 Å². The van der Waals surface area contributed by atoms with Crippen LogP contribution in [-0.2, 0) is 0 Å². The second kappa shape index (κ2) is 9.79. The van der Waals surface area contributed by atoms with Crippen molar-refractivity contribution < 1.29 is 9.53 Å². The van der Waals surface area contributed by atoms with E-state index >= 15 is 0 Å². The second-order valence-electron chi connectivity index (χ2n) is 7.92. The first kappa shape index (κ1) is 23.0. The van der Waals surface area contributed by atoms with Crippen molar-refractivity contribution in [2.75, 3.05) is 38.5 Å². The van der Waals surface area contributed by atoms with Crippen molar-refractivity contribution >= 4 is 56.6 Å². The van der Waals surface area contributed by atoms with E-state index in [9.17, 15) is 4.79 Å². The first-order chi connectivity index (χ1) is 15.4. The number of carbonyl (C=O) groups is 1. The molecule has 1 aliphatic rings. The first-order valence-electron chi connectivity index (χ1n) is 10.6. The minimum absolute atomic E-state index is 0.105. The Morgan fingerprint density at radius 3 is 2.84 bits per heavy atom. The maximum absolute atomic E-state index is 12.3. The highest BCUT2D eigenvalue weighted by Gasteiger charge is 2.21. The number of ether oxygens (including phenoxy) is 1. The summed E-state index contributed by atoms with van der Waals surface area (Å²) in [5, 5.41) is 4.35. The van der Waals surface area contributed by atoms with E-state index in [0.29, 0.717) is 55.3 Å². The standard InChI is InChI=1S/C22H25Cl2N5O2S/c1-3-26-20(30)18-9-14-19(27-22(25)28-21(14)32-18)13-8-17(16(24)10-15(13)23)31-7-6-29-5-4-12(2)11-29/h8-10,12H,3-7,11H2,1-2H3,(H,26,30)(H2,25,27,28). The van der Waals surface area contributed by atoms with Crippen LogP contribution in [0.2, 0.25) is 10.0 Å². The molecular weight excluding hydrogens is 469 g/mol. The molecule has 3 aromatic rings. The first-order valence-corrected chi connectivity index (χ1v) is 12.1. The van der Waals surface area contributed by atoms with Crippen molar-refractivity contribution in [3.8, 4) is 17.0 Å². The van der Waals surface area contributed by atoms with E-state index in [-0.39, 0.29) is 11.9 Å². The minimum atomic E-state index is -0.164. The molecular formula is C22H25Cl2N5O2S. The normalized spacial score (nSPS) is 16.6. The minimum Gasteiger partial charge on any atom is -0.491 e. The van der Waals surface area contributed by atoms with Gasteiger partial charge in [0.15, 0.2) is 0 Å². The number of anilines is 1. The van der Waals surface area contributed by atoms with Crippen LogP contribution in [0.3, 0.4) is 0 Å². The Balaban J connectivity index is 1.65. The summed E-state index contributed by atoms with van der Waals surface area (Å²) in [5.41, 5.74) is 7.13. The largest absolute Gasteiger partial charge is 0.491 e. The molecule has 3 heterocycles. The summed E-state index contributed by atoms with van der Waals surface area (Å²) in [5.74, 6) is 1.19. The number of hydrogen-bond donors (Lipinski definition) is 2. The predicted molar refractivity (Wildman–Crippen MR) is 131 cm³/mol. The van der Waals surface area contributed by atoms with Crippen LogP contribution in [-0.4, -0.2) is 53.6 Å². The van der Waals surface area contributed by atoms with Crippen molar-refractivity contribution in [1.82, 2.24) is 20.2 Å². The molecule has 1 aromatic carbocycles. The third-order valence-electron chi connectivity index (χ3n) is 5.42. The number of rotatable bonds is 7. The van der Waals surface area contributed by atoms with Gasteiger partial charge in [-0.15, -0.1) is 11.3 Å². The number of carbonyl (C=O) groups excluding carboxylic acids is 1. The maximum Gasteiger partial charge on any atom is 0.261 e. The zero-order valence-electron chi connectivity index (χ0n) is 18.0. The number of fused-ring (bicyclic) bond motifs is 1. The predicted octanol–water partition coefficient (Wildman–Crippen LogP) is 4.72. The number of benzene rings is 1. The van der Waals surface area contributed by atoms with Crippen molar-refractivity contribution in [2.45, 2.75) is 20.3 Å². The highest BCUT2D eigenvalue weighted by Crippen LogP contribution is 2.40. The van der Waals surface area contributed by atoms with Gasteiger partial charge in [-0.25, -0.2) is 9.97 Å². The maximum atomic E-state index is 12.3. The van der Waals surface area contributed by atoms with Gasteiger partial charge in [0.25, 0.3) is 5.91 Å². The van der Waals surface area contributed by atoms with E-state index in [1.54, 1.807) is 18.2 Å². The molecule has 10 heteroatoms. The van der Waals surface area contributed by atoms with Crippen molar-refractivity contribution in [3.05, 3.63) is 33.1 Å². The topological polar surface area (TPSA) is 93.4 Å². The van der Waals surface area contributed by atoms with Crippen molar-refractivity contribution in [3.63, 3.8) is 0 Å². The van der Waals surface area contributed by atoms with Gasteiger partial charge in [0, 0.05) is 30.6 Å². The summed E-state index contributed by atoms with van der Waals surface area (Å²) in [6, 6.07) is 5.19. The third kappa shape index (κ3) is 4.93. The molecule has 0 aliphatic carbocycles. The summed E-state index contributed by atoms with van der Waals surface area (Å²) in [7, 11) is 0. The summed E-state index contributed by atoms with van der Waals surface area (Å²) in [6.07, 6.45) is 1.22. The van der Waals surface area contributed by atoms with Gasteiger partial charge in [0.2, 0.25) is 5.95 Å². The molecule has 170 valence electrons. The quantitative estimate of drug-likeness (QED) is 0.494. The fourth-order valence-electron chi connectivity index (χ4n) is 3.84. The molecule has 1 fully saturated rings. The zero-order chi connectivity index (χ0) is 22.8. The Hall–Kier alpha value is -2.13. The zero-order valence-corrected chi connectivity index (χ0v) is 20.3. The Labute approximate surface area is 200 Å². The summed E-state index contributed by atoms with van der Waals surface area (Å²) < 4.78 is 6.00. The number of nitrogens with two attached hydrogens (primary N) is 1. The molecule has 3 N–H and O–H groups in total. The van der Waals surface area contributed by atoms with Crippen LogP contribution in [0, 0.1) is 5.92 Å². The van der Waals surface area contributed by atoms with E-state index < -0.39 is 0 Å². The number of aromatic nitrogens is 2. The number of halogens is 2. The molecule has 7 nitrogen and oxygen atoms in total. The lowest BCUT2D eigenvalue weighted by Gasteiger charge is -2.17. The van der Waals surface area contributed by atoms with Crippen LogP contribution in [0.15, 0.2) is 18.2 Å². The van der Waals surface area contributed by atoms with Gasteiger partial charge in [-0.05, 0) is 44.0 Å². The SMILES string of the molecule is CCNC(=O)c1cc2c(-c3cc(OCCN4CCC(C)C4)c(Cl)cc3Cl)nc(N)nc2s1. The molecule has 0 bridgehead atoms. The molecule has 1 amide bonds. The molecule has 0 spiro atoms. The number of thiophene rings is 1. The van der Waals surface area contributed by atoms with E-state index in [2.05, 4.69) is 27.1 Å². The van der Waals surface area contributed by atoms with E-state index in [1.165, 1.54) is 17.8 Å². The lowest BCUT2D eigenvalue weighted by Crippen LogP contribution is -2.26. The Morgan fingerprint density at radius 2 is 2.12 bits per heavy atom. The van der Waals surface area contributed by atoms with Gasteiger partial charge in [-0.2, -0.15) is 0 Å². The molecule has 0 radical (unpaired) electrons. The molecule has 32 heavy (non-hydrogen) atoms. The highest BCUT2D eigenvalue weighted by atomic mass is 35.5. The number of nitrogens with one attached hydrogen (secondary N) is 1. The van der Waals surface area contributed by atoms with Crippen LogP contribution in [0.25, 0.3) is 21.5 Å². The fraction of sp³-hybridized carbons (Fsp3) is 0.409. The average Bonchev–Trinajstić information content (AvgIpc) is 3.35. The summed E-state index contributed by atoms with van der Waals surface area (Å²) in [4.78, 5) is 24.6. The van der Waals surface area contributed by atoms with Crippen LogP contribution < -0.4 is 15.8 Å². The Kier molecular flexibility index (Phi) is 7.05. The molecule has 4 rings (SSSR count). The smallest absolute Gasteiger partial charge is 0.261 e. The van der Waals surface area contributed by atoms with Gasteiger partial charge < -0.3 is 15.8 Å². The van der Waals surface area contributed by atoms with E-state index in [0.717, 1.165) is 25.6 Å². The number of hydrogen-bond acceptors (Lipinski definition) is 7. The van der Waals surface area contributed by atoms with E-state index in [4.69, 9.17) is 33.7 Å². The Morgan fingerprint density at radius 1 is 1.31 bits per heavy atom. The molecule has 2 aromatic heterocycles. The number of nitrogens with zero attached hydrogens (tertiary/aromatic N) is 3. The van der Waals surface area contributed by atoms with Crippen LogP contribution in [0.4, 0.5) is 5.95 Å². The number of amides is 1. The monoisotopic (exact) mass is 493 g/mol. The fourth-order valence-corrected chi connectivity index (χ4v) is 5.32. The molecule has 1 unspecified atom stereocenters. The molecule has 1 aliphatic heterocycles. The second-order valence-corrected chi connectivity index (χ2v) is 9.77. The number of likely N-dealkylation sites (tertiary alicyclic amines) is 1. The lowest BCUT2D eigenvalue weighted by molar-refractivity contribution is 0.0960. The number of nitrogen functional groups attached to an aromatic ring is 1. The molecule has 1 saturated heterocycles. The van der Waals surface area contributed by atoms with Crippen LogP contribution in [0.5, 0.6) is 5.75 Å². The van der Waals surface area contributed by atoms with Crippen LogP contribution >= 0.6 is 34.5 Å². The van der Waals surface area contributed by atoms with Gasteiger partial charge >= 0.3 is 0 Å². The lowest BCUT2D eigenvalue weighted by atomic mass is 10.1. The van der Waals surface area contributed by atoms with Gasteiger partial charge in [-0.1, -0.05) is 30.1 Å². The third-order valence-corrected chi connectivity index (χ3v) is 7.06. The highest BCUT2D eigenvalue weighted by molar-refractivity contribution is 7.20. The Bertz CT molecular complexity index is 1150. The van der Waals surface area contributed by atoms with Crippen LogP contribution in [0.1, 0.15) is 29.9 Å².